The molecule has 0 saturated heterocycles. The van der Waals surface area contributed by atoms with Crippen LogP contribution in [0.1, 0.15) is 44.6 Å². The number of hydrogen-bond donors (Lipinski definition) is 2. The monoisotopic (exact) mass is 253 g/mol. The molecule has 0 bridgehead atoms. The first-order valence-electron chi connectivity index (χ1n) is 6.66. The fraction of sp³-hybridized carbons (Fsp3) is 0.714. The molecular formula is C14H23NOS. The zero-order valence-corrected chi connectivity index (χ0v) is 11.4. The van der Waals surface area contributed by atoms with Crippen LogP contribution in [0.15, 0.2) is 16.8 Å². The zero-order valence-electron chi connectivity index (χ0n) is 10.6. The lowest BCUT2D eigenvalue weighted by molar-refractivity contribution is -0.00880. The van der Waals surface area contributed by atoms with Crippen LogP contribution in [0.5, 0.6) is 0 Å². The van der Waals surface area contributed by atoms with E-state index in [1.807, 2.05) is 0 Å². The van der Waals surface area contributed by atoms with E-state index < -0.39 is 5.60 Å². The first-order chi connectivity index (χ1) is 8.22. The van der Waals surface area contributed by atoms with E-state index in [4.69, 9.17) is 0 Å². The molecular weight excluding hydrogens is 230 g/mol. The molecule has 1 aliphatic carbocycles. The standard InChI is InChI=1S/C14H23NOS/c1-2-12-3-6-14(16,7-4-12)11-15-9-13-5-8-17-10-13/h5,8,10,12,15-16H,2-4,6-7,9,11H2,1H3. The third-order valence-electron chi connectivity index (χ3n) is 3.98. The highest BCUT2D eigenvalue weighted by atomic mass is 32.1. The summed E-state index contributed by atoms with van der Waals surface area (Å²) in [6.45, 7) is 3.87. The summed E-state index contributed by atoms with van der Waals surface area (Å²) >= 11 is 1.73. The smallest absolute Gasteiger partial charge is 0.0771 e. The van der Waals surface area contributed by atoms with Gasteiger partial charge in [-0.05, 0) is 54.0 Å². The van der Waals surface area contributed by atoms with Crippen molar-refractivity contribution in [3.63, 3.8) is 0 Å². The summed E-state index contributed by atoms with van der Waals surface area (Å²) in [5.74, 6) is 0.840. The predicted octanol–water partition coefficient (Wildman–Crippen LogP) is 3.17. The Kier molecular flexibility index (Phi) is 4.60. The quantitative estimate of drug-likeness (QED) is 0.845. The van der Waals surface area contributed by atoms with E-state index in [2.05, 4.69) is 29.1 Å². The van der Waals surface area contributed by atoms with Gasteiger partial charge in [0.2, 0.25) is 0 Å². The number of thiophene rings is 1. The van der Waals surface area contributed by atoms with Crippen molar-refractivity contribution < 1.29 is 5.11 Å². The highest BCUT2D eigenvalue weighted by Crippen LogP contribution is 2.33. The molecule has 1 aromatic rings. The van der Waals surface area contributed by atoms with Gasteiger partial charge in [0.15, 0.2) is 0 Å². The molecule has 0 aromatic carbocycles. The van der Waals surface area contributed by atoms with Crippen LogP contribution >= 0.6 is 11.3 Å². The van der Waals surface area contributed by atoms with Crippen molar-refractivity contribution in [2.75, 3.05) is 6.54 Å². The van der Waals surface area contributed by atoms with Gasteiger partial charge in [-0.1, -0.05) is 13.3 Å². The van der Waals surface area contributed by atoms with Crippen LogP contribution in [-0.2, 0) is 6.54 Å². The van der Waals surface area contributed by atoms with Crippen LogP contribution in [0.3, 0.4) is 0 Å². The van der Waals surface area contributed by atoms with Gasteiger partial charge < -0.3 is 10.4 Å². The van der Waals surface area contributed by atoms with Crippen LogP contribution in [0.4, 0.5) is 0 Å². The Bertz CT molecular complexity index is 315. The predicted molar refractivity (Wildman–Crippen MR) is 73.2 cm³/mol. The van der Waals surface area contributed by atoms with Gasteiger partial charge in [-0.3, -0.25) is 0 Å². The fourth-order valence-electron chi connectivity index (χ4n) is 2.63. The van der Waals surface area contributed by atoms with E-state index >= 15 is 0 Å². The third-order valence-corrected chi connectivity index (χ3v) is 4.71. The maximum Gasteiger partial charge on any atom is 0.0771 e. The normalized spacial score (nSPS) is 29.4. The summed E-state index contributed by atoms with van der Waals surface area (Å²) in [7, 11) is 0. The molecule has 0 atom stereocenters. The van der Waals surface area contributed by atoms with Crippen molar-refractivity contribution in [3.05, 3.63) is 22.4 Å². The first-order valence-corrected chi connectivity index (χ1v) is 7.60. The highest BCUT2D eigenvalue weighted by molar-refractivity contribution is 7.07. The summed E-state index contributed by atoms with van der Waals surface area (Å²) in [6.07, 6.45) is 5.56. The van der Waals surface area contributed by atoms with Crippen LogP contribution < -0.4 is 5.32 Å². The van der Waals surface area contributed by atoms with E-state index in [9.17, 15) is 5.11 Å². The average Bonchev–Trinajstić information content (AvgIpc) is 2.83. The Labute approximate surface area is 108 Å². The Balaban J connectivity index is 1.71. The third kappa shape index (κ3) is 3.80. The molecule has 0 radical (unpaired) electrons. The van der Waals surface area contributed by atoms with Gasteiger partial charge in [-0.25, -0.2) is 0 Å². The Hall–Kier alpha value is -0.380. The molecule has 1 fully saturated rings. The molecule has 0 aliphatic heterocycles. The Morgan fingerprint density at radius 1 is 1.47 bits per heavy atom. The maximum atomic E-state index is 10.5. The number of rotatable bonds is 5. The van der Waals surface area contributed by atoms with Crippen molar-refractivity contribution in [3.8, 4) is 0 Å². The summed E-state index contributed by atoms with van der Waals surface area (Å²) in [5.41, 5.74) is 0.864. The Morgan fingerprint density at radius 2 is 2.24 bits per heavy atom. The van der Waals surface area contributed by atoms with Crippen LogP contribution in [0, 0.1) is 5.92 Å². The lowest BCUT2D eigenvalue weighted by Gasteiger charge is -2.36. The van der Waals surface area contributed by atoms with Crippen LogP contribution in [-0.4, -0.2) is 17.3 Å². The number of nitrogens with one attached hydrogen (secondary N) is 1. The molecule has 1 heterocycles. The molecule has 0 amide bonds. The summed E-state index contributed by atoms with van der Waals surface area (Å²) < 4.78 is 0. The van der Waals surface area contributed by atoms with Gasteiger partial charge in [0.25, 0.3) is 0 Å². The van der Waals surface area contributed by atoms with Crippen LogP contribution in [0.2, 0.25) is 0 Å². The molecule has 3 heteroatoms. The molecule has 2 N–H and O–H groups in total. The molecule has 1 saturated carbocycles. The topological polar surface area (TPSA) is 32.3 Å². The van der Waals surface area contributed by atoms with Crippen molar-refractivity contribution in [2.24, 2.45) is 5.92 Å². The summed E-state index contributed by atoms with van der Waals surface area (Å²) in [6, 6.07) is 2.13. The molecule has 1 aromatic heterocycles. The lowest BCUT2D eigenvalue weighted by Crippen LogP contribution is -2.43. The van der Waals surface area contributed by atoms with Gasteiger partial charge in [-0.2, -0.15) is 11.3 Å². The molecule has 1 aliphatic rings. The SMILES string of the molecule is CCC1CCC(O)(CNCc2ccsc2)CC1. The fourth-order valence-corrected chi connectivity index (χ4v) is 3.30. The largest absolute Gasteiger partial charge is 0.389 e. The van der Waals surface area contributed by atoms with Crippen molar-refractivity contribution >= 4 is 11.3 Å². The van der Waals surface area contributed by atoms with Crippen LogP contribution in [0.25, 0.3) is 0 Å². The van der Waals surface area contributed by atoms with Gasteiger partial charge in [0.1, 0.15) is 0 Å². The second-order valence-corrected chi connectivity index (χ2v) is 6.09. The van der Waals surface area contributed by atoms with Gasteiger partial charge in [-0.15, -0.1) is 0 Å². The second-order valence-electron chi connectivity index (χ2n) is 5.31. The summed E-state index contributed by atoms with van der Waals surface area (Å²) in [5, 5.41) is 18.1. The zero-order chi connectivity index (χ0) is 12.1. The Morgan fingerprint density at radius 3 is 2.82 bits per heavy atom. The lowest BCUT2D eigenvalue weighted by atomic mass is 9.78. The van der Waals surface area contributed by atoms with Crippen molar-refractivity contribution in [1.82, 2.24) is 5.32 Å². The minimum Gasteiger partial charge on any atom is -0.389 e. The molecule has 2 rings (SSSR count). The summed E-state index contributed by atoms with van der Waals surface area (Å²) in [4.78, 5) is 0. The van der Waals surface area contributed by atoms with Gasteiger partial charge in [0, 0.05) is 13.1 Å². The van der Waals surface area contributed by atoms with Crippen molar-refractivity contribution in [1.29, 1.82) is 0 Å². The van der Waals surface area contributed by atoms with E-state index in [0.717, 1.165) is 31.8 Å². The highest BCUT2D eigenvalue weighted by Gasteiger charge is 2.31. The van der Waals surface area contributed by atoms with Gasteiger partial charge >= 0.3 is 0 Å². The van der Waals surface area contributed by atoms with E-state index in [0.29, 0.717) is 0 Å². The molecule has 2 nitrogen and oxygen atoms in total. The minimum atomic E-state index is -0.457. The molecule has 17 heavy (non-hydrogen) atoms. The molecule has 96 valence electrons. The molecule has 0 spiro atoms. The number of hydrogen-bond acceptors (Lipinski definition) is 3. The average molecular weight is 253 g/mol. The maximum absolute atomic E-state index is 10.5. The number of aliphatic hydroxyl groups is 1. The molecule has 0 unspecified atom stereocenters. The minimum absolute atomic E-state index is 0.457. The first kappa shape index (κ1) is 13.1. The van der Waals surface area contributed by atoms with E-state index in [1.165, 1.54) is 24.8 Å². The van der Waals surface area contributed by atoms with E-state index in [-0.39, 0.29) is 0 Å². The second kappa shape index (κ2) is 5.98. The van der Waals surface area contributed by atoms with Crippen molar-refractivity contribution in [2.45, 2.75) is 51.2 Å². The van der Waals surface area contributed by atoms with Gasteiger partial charge in [0.05, 0.1) is 5.60 Å². The van der Waals surface area contributed by atoms with E-state index in [1.54, 1.807) is 11.3 Å².